The van der Waals surface area contributed by atoms with Crippen LogP contribution < -0.4 is 5.32 Å². The molecule has 6 nitrogen and oxygen atoms in total. The fraction of sp³-hybridized carbons (Fsp3) is 0.824. The lowest BCUT2D eigenvalue weighted by Gasteiger charge is -2.44. The van der Waals surface area contributed by atoms with Crippen molar-refractivity contribution in [1.82, 2.24) is 15.1 Å². The summed E-state index contributed by atoms with van der Waals surface area (Å²) in [6.45, 7) is 5.98. The van der Waals surface area contributed by atoms with E-state index >= 15 is 0 Å². The summed E-state index contributed by atoms with van der Waals surface area (Å²) in [6.07, 6.45) is 3.77. The van der Waals surface area contributed by atoms with Gasteiger partial charge in [-0.15, -0.1) is 0 Å². The normalized spacial score (nSPS) is 32.0. The molecule has 128 valence electrons. The van der Waals surface area contributed by atoms with E-state index < -0.39 is 5.41 Å². The van der Waals surface area contributed by atoms with Gasteiger partial charge in [-0.2, -0.15) is 0 Å². The fourth-order valence-corrected chi connectivity index (χ4v) is 5.29. The molecule has 0 aromatic carbocycles. The summed E-state index contributed by atoms with van der Waals surface area (Å²) in [6, 6.07) is 0. The molecule has 0 radical (unpaired) electrons. The molecule has 3 rings (SSSR count). The van der Waals surface area contributed by atoms with Crippen LogP contribution in [0.3, 0.4) is 0 Å². The van der Waals surface area contributed by atoms with Crippen molar-refractivity contribution in [3.63, 3.8) is 0 Å². The molecule has 2 saturated heterocycles. The smallest absolute Gasteiger partial charge is 0.228 e. The van der Waals surface area contributed by atoms with Crippen LogP contribution in [0.5, 0.6) is 0 Å². The molecule has 1 spiro atoms. The van der Waals surface area contributed by atoms with Crippen LogP contribution in [0.2, 0.25) is 0 Å². The van der Waals surface area contributed by atoms with E-state index in [9.17, 15) is 14.4 Å². The van der Waals surface area contributed by atoms with Crippen molar-refractivity contribution >= 4 is 17.7 Å². The first-order valence-electron chi connectivity index (χ1n) is 8.58. The molecule has 3 aliphatic rings. The molecule has 0 aromatic rings. The lowest BCUT2D eigenvalue weighted by Crippen LogP contribution is -2.49. The number of nitrogens with zero attached hydrogens (tertiary/aromatic N) is 2. The van der Waals surface area contributed by atoms with Crippen molar-refractivity contribution in [2.24, 2.45) is 16.7 Å². The quantitative estimate of drug-likeness (QED) is 0.770. The first-order chi connectivity index (χ1) is 10.8. The molecular formula is C17H27N3O3. The van der Waals surface area contributed by atoms with Crippen LogP contribution in [-0.2, 0) is 14.4 Å². The average Bonchev–Trinajstić information content (AvgIpc) is 3.05. The SMILES string of the molecule is CNC(=O)[C@@]12CCC3(CCN(C(C)=O)CC3)[C@@H]1CN(C(C)=O)C2. The highest BCUT2D eigenvalue weighted by Gasteiger charge is 2.64. The minimum absolute atomic E-state index is 0.0546. The van der Waals surface area contributed by atoms with E-state index in [1.165, 1.54) is 0 Å². The van der Waals surface area contributed by atoms with E-state index in [1.807, 2.05) is 9.80 Å². The molecule has 1 N–H and O–H groups in total. The Balaban J connectivity index is 1.87. The van der Waals surface area contributed by atoms with E-state index in [0.29, 0.717) is 13.1 Å². The Hall–Kier alpha value is -1.59. The second-order valence-electron chi connectivity index (χ2n) is 7.56. The topological polar surface area (TPSA) is 69.7 Å². The number of hydrogen-bond acceptors (Lipinski definition) is 3. The lowest BCUT2D eigenvalue weighted by molar-refractivity contribution is -0.135. The summed E-state index contributed by atoms with van der Waals surface area (Å²) in [7, 11) is 1.69. The minimum atomic E-state index is -0.432. The van der Waals surface area contributed by atoms with Gasteiger partial charge in [0.25, 0.3) is 0 Å². The Morgan fingerprint density at radius 3 is 2.09 bits per heavy atom. The Kier molecular flexibility index (Phi) is 3.89. The molecule has 2 aliphatic heterocycles. The van der Waals surface area contributed by atoms with Crippen molar-refractivity contribution in [3.8, 4) is 0 Å². The van der Waals surface area contributed by atoms with Crippen molar-refractivity contribution in [2.45, 2.75) is 39.5 Å². The maximum absolute atomic E-state index is 12.7. The first kappa shape index (κ1) is 16.3. The van der Waals surface area contributed by atoms with Gasteiger partial charge in [0.15, 0.2) is 0 Å². The van der Waals surface area contributed by atoms with E-state index in [1.54, 1.807) is 20.9 Å². The van der Waals surface area contributed by atoms with Crippen molar-refractivity contribution in [3.05, 3.63) is 0 Å². The molecule has 3 fully saturated rings. The van der Waals surface area contributed by atoms with Gasteiger partial charge in [0, 0.05) is 47.1 Å². The Labute approximate surface area is 137 Å². The number of hydrogen-bond donors (Lipinski definition) is 1. The van der Waals surface area contributed by atoms with E-state index in [-0.39, 0.29) is 29.1 Å². The summed E-state index contributed by atoms with van der Waals surface area (Å²) in [5.41, 5.74) is -0.332. The average molecular weight is 321 g/mol. The number of nitrogens with one attached hydrogen (secondary N) is 1. The van der Waals surface area contributed by atoms with E-state index in [0.717, 1.165) is 38.8 Å². The lowest BCUT2D eigenvalue weighted by atomic mass is 9.65. The number of piperidine rings is 1. The summed E-state index contributed by atoms with van der Waals surface area (Å²) < 4.78 is 0. The highest BCUT2D eigenvalue weighted by atomic mass is 16.2. The van der Waals surface area contributed by atoms with Crippen LogP contribution in [-0.4, -0.2) is 60.7 Å². The maximum Gasteiger partial charge on any atom is 0.228 e. The van der Waals surface area contributed by atoms with Crippen LogP contribution in [0.1, 0.15) is 39.5 Å². The predicted octanol–water partition coefficient (Wildman–Crippen LogP) is 0.620. The number of rotatable bonds is 1. The van der Waals surface area contributed by atoms with Crippen molar-refractivity contribution in [1.29, 1.82) is 0 Å². The molecule has 6 heteroatoms. The standard InChI is InChI=1S/C17H27N3O3/c1-12(21)19-8-6-16(7-9-19)4-5-17(15(23)18-3)11-20(13(2)22)10-14(16)17/h14H,4-11H2,1-3H3,(H,18,23)/t14-,17+/m0/s1. The molecule has 1 aliphatic carbocycles. The highest BCUT2D eigenvalue weighted by molar-refractivity contribution is 5.86. The maximum atomic E-state index is 12.7. The zero-order valence-electron chi connectivity index (χ0n) is 14.4. The molecule has 2 atom stereocenters. The van der Waals surface area contributed by atoms with Crippen molar-refractivity contribution in [2.75, 3.05) is 33.2 Å². The van der Waals surface area contributed by atoms with Crippen LogP contribution in [0, 0.1) is 16.7 Å². The first-order valence-corrected chi connectivity index (χ1v) is 8.58. The van der Waals surface area contributed by atoms with Crippen molar-refractivity contribution < 1.29 is 14.4 Å². The Bertz CT molecular complexity index is 539. The molecule has 23 heavy (non-hydrogen) atoms. The zero-order valence-corrected chi connectivity index (χ0v) is 14.4. The number of fused-ring (bicyclic) bond motifs is 2. The largest absolute Gasteiger partial charge is 0.359 e. The molecule has 0 bridgehead atoms. The third kappa shape index (κ3) is 2.34. The summed E-state index contributed by atoms with van der Waals surface area (Å²) in [5.74, 6) is 0.483. The van der Waals surface area contributed by atoms with Gasteiger partial charge in [-0.25, -0.2) is 0 Å². The predicted molar refractivity (Wildman–Crippen MR) is 85.4 cm³/mol. The van der Waals surface area contributed by atoms with Crippen LogP contribution in [0.4, 0.5) is 0 Å². The van der Waals surface area contributed by atoms with Gasteiger partial charge in [0.1, 0.15) is 0 Å². The zero-order chi connectivity index (χ0) is 16.8. The molecular weight excluding hydrogens is 294 g/mol. The van der Waals surface area contributed by atoms with Gasteiger partial charge in [0.05, 0.1) is 5.41 Å². The third-order valence-corrected chi connectivity index (χ3v) is 6.68. The second kappa shape index (κ2) is 5.49. The fourth-order valence-electron chi connectivity index (χ4n) is 5.29. The molecule has 0 aromatic heterocycles. The van der Waals surface area contributed by atoms with Crippen LogP contribution in [0.15, 0.2) is 0 Å². The van der Waals surface area contributed by atoms with Gasteiger partial charge in [-0.1, -0.05) is 0 Å². The number of carbonyl (C=O) groups is 3. The van der Waals surface area contributed by atoms with Crippen LogP contribution in [0.25, 0.3) is 0 Å². The Morgan fingerprint density at radius 1 is 0.957 bits per heavy atom. The monoisotopic (exact) mass is 321 g/mol. The Morgan fingerprint density at radius 2 is 1.57 bits per heavy atom. The van der Waals surface area contributed by atoms with Gasteiger partial charge in [-0.05, 0) is 37.0 Å². The number of likely N-dealkylation sites (tertiary alicyclic amines) is 2. The summed E-state index contributed by atoms with van der Waals surface area (Å²) in [5, 5.41) is 2.84. The van der Waals surface area contributed by atoms with Crippen LogP contribution >= 0.6 is 0 Å². The number of amides is 3. The minimum Gasteiger partial charge on any atom is -0.359 e. The van der Waals surface area contributed by atoms with Gasteiger partial charge in [-0.3, -0.25) is 14.4 Å². The van der Waals surface area contributed by atoms with E-state index in [2.05, 4.69) is 5.32 Å². The molecule has 1 saturated carbocycles. The summed E-state index contributed by atoms with van der Waals surface area (Å²) in [4.78, 5) is 39.9. The number of carbonyl (C=O) groups excluding carboxylic acids is 3. The van der Waals surface area contributed by atoms with Gasteiger partial charge >= 0.3 is 0 Å². The second-order valence-corrected chi connectivity index (χ2v) is 7.56. The highest BCUT2D eigenvalue weighted by Crippen LogP contribution is 2.62. The molecule has 2 heterocycles. The molecule has 0 unspecified atom stereocenters. The van der Waals surface area contributed by atoms with Gasteiger partial charge < -0.3 is 15.1 Å². The molecule has 3 amide bonds. The van der Waals surface area contributed by atoms with E-state index in [4.69, 9.17) is 0 Å². The van der Waals surface area contributed by atoms with Gasteiger partial charge in [0.2, 0.25) is 17.7 Å². The third-order valence-electron chi connectivity index (χ3n) is 6.68. The summed E-state index contributed by atoms with van der Waals surface area (Å²) >= 11 is 0.